The fraction of sp³-hybridized carbons (Fsp3) is 0.560. The number of likely N-dealkylation sites (tertiary alicyclic amines) is 1. The molecule has 32 heavy (non-hydrogen) atoms. The van der Waals surface area contributed by atoms with Gasteiger partial charge in [-0.2, -0.15) is 0 Å². The molecule has 0 N–H and O–H groups in total. The molecule has 3 heterocycles. The summed E-state index contributed by atoms with van der Waals surface area (Å²) in [5.74, 6) is 0. The van der Waals surface area contributed by atoms with Gasteiger partial charge in [-0.05, 0) is 63.4 Å². The highest BCUT2D eigenvalue weighted by molar-refractivity contribution is 5.86. The van der Waals surface area contributed by atoms with Gasteiger partial charge in [0.1, 0.15) is 0 Å². The van der Waals surface area contributed by atoms with Gasteiger partial charge in [-0.1, -0.05) is 30.3 Å². The van der Waals surface area contributed by atoms with Crippen LogP contribution in [-0.4, -0.2) is 71.5 Å². The molecule has 0 atom stereocenters. The second-order valence-corrected chi connectivity index (χ2v) is 8.94. The van der Waals surface area contributed by atoms with E-state index in [2.05, 4.69) is 64.9 Å². The molecule has 0 aliphatic carbocycles. The van der Waals surface area contributed by atoms with Crippen molar-refractivity contribution >= 4 is 37.2 Å². The fourth-order valence-electron chi connectivity index (χ4n) is 4.51. The summed E-state index contributed by atoms with van der Waals surface area (Å²) in [5.41, 5.74) is 5.09. The van der Waals surface area contributed by atoms with E-state index in [9.17, 15) is 0 Å². The van der Waals surface area contributed by atoms with Crippen molar-refractivity contribution in [3.8, 4) is 11.1 Å². The van der Waals surface area contributed by atoms with Gasteiger partial charge in [0.05, 0.1) is 5.69 Å². The first kappa shape index (κ1) is 29.2. The van der Waals surface area contributed by atoms with Gasteiger partial charge in [-0.25, -0.2) is 0 Å². The predicted octanol–water partition coefficient (Wildman–Crippen LogP) is 5.18. The number of hydrogen-bond donors (Lipinski definition) is 0. The van der Waals surface area contributed by atoms with Gasteiger partial charge in [0.2, 0.25) is 0 Å². The van der Waals surface area contributed by atoms with Crippen molar-refractivity contribution in [2.24, 2.45) is 0 Å². The van der Waals surface area contributed by atoms with Crippen LogP contribution in [0.25, 0.3) is 11.1 Å². The van der Waals surface area contributed by atoms with Gasteiger partial charge < -0.3 is 4.90 Å². The summed E-state index contributed by atoms with van der Waals surface area (Å²) in [4.78, 5) is 12.4. The molecular weight excluding hydrogens is 463 g/mol. The molecule has 0 saturated carbocycles. The Kier molecular flexibility index (Phi) is 13.1. The lowest BCUT2D eigenvalue weighted by Gasteiger charge is -2.36. The van der Waals surface area contributed by atoms with Crippen LogP contribution in [0.1, 0.15) is 37.9 Å². The zero-order valence-corrected chi connectivity index (χ0v) is 21.9. The number of nitrogens with zero attached hydrogens (tertiary/aromatic N) is 4. The number of piperazine rings is 1. The minimum Gasteiger partial charge on any atom is -0.303 e. The van der Waals surface area contributed by atoms with Gasteiger partial charge in [0, 0.05) is 57.1 Å². The largest absolute Gasteiger partial charge is 0.303 e. The third-order valence-electron chi connectivity index (χ3n) is 6.55. The zero-order chi connectivity index (χ0) is 20.1. The van der Waals surface area contributed by atoms with E-state index in [0.717, 1.165) is 26.1 Å². The molecule has 1 aromatic carbocycles. The first-order valence-corrected chi connectivity index (χ1v) is 11.4. The molecule has 180 valence electrons. The van der Waals surface area contributed by atoms with Crippen LogP contribution in [0.15, 0.2) is 42.6 Å². The van der Waals surface area contributed by atoms with Crippen LogP contribution in [0, 0.1) is 0 Å². The maximum absolute atomic E-state index is 4.75. The molecule has 2 saturated heterocycles. The summed E-state index contributed by atoms with van der Waals surface area (Å²) in [6.07, 6.45) is 5.94. The highest BCUT2D eigenvalue weighted by Crippen LogP contribution is 2.20. The smallest absolute Gasteiger partial charge is 0.0544 e. The minimum atomic E-state index is 0. The second kappa shape index (κ2) is 14.4. The van der Waals surface area contributed by atoms with E-state index in [-0.39, 0.29) is 37.2 Å². The number of halogens is 3. The SMILES string of the molecule is CC(C)N1CCN(Cc2ccc(-c3ccc(CCN4CCCC4)cc3)cn2)CC1.Cl.Cl.Cl. The summed E-state index contributed by atoms with van der Waals surface area (Å²) >= 11 is 0. The Morgan fingerprint density at radius 3 is 1.94 bits per heavy atom. The van der Waals surface area contributed by atoms with Gasteiger partial charge in [0.25, 0.3) is 0 Å². The van der Waals surface area contributed by atoms with Crippen LogP contribution in [0.4, 0.5) is 0 Å². The molecule has 2 aliphatic heterocycles. The molecular formula is C25H39Cl3N4. The molecule has 0 amide bonds. The van der Waals surface area contributed by atoms with Crippen molar-refractivity contribution < 1.29 is 0 Å². The number of aromatic nitrogens is 1. The van der Waals surface area contributed by atoms with Gasteiger partial charge in [-0.3, -0.25) is 14.8 Å². The van der Waals surface area contributed by atoms with Crippen LogP contribution in [0.2, 0.25) is 0 Å². The maximum Gasteiger partial charge on any atom is 0.0544 e. The molecule has 0 radical (unpaired) electrons. The monoisotopic (exact) mass is 500 g/mol. The standard InChI is InChI=1S/C25H36N4.3ClH/c1-21(2)29-17-15-28(16-18-29)20-25-10-9-24(19-26-25)23-7-5-22(6-8-23)11-14-27-12-3-4-13-27;;;/h5-10,19,21H,3-4,11-18,20H2,1-2H3;3*1H. The topological polar surface area (TPSA) is 22.6 Å². The van der Waals surface area contributed by atoms with Crippen molar-refractivity contribution in [3.05, 3.63) is 53.9 Å². The molecule has 0 unspecified atom stereocenters. The Balaban J connectivity index is 0.00000171. The minimum absolute atomic E-state index is 0. The molecule has 1 aromatic heterocycles. The maximum atomic E-state index is 4.75. The average molecular weight is 502 g/mol. The van der Waals surface area contributed by atoms with Crippen molar-refractivity contribution in [1.82, 2.24) is 19.7 Å². The Hall–Kier alpha value is -0.880. The summed E-state index contributed by atoms with van der Waals surface area (Å²) in [7, 11) is 0. The molecule has 2 fully saturated rings. The Bertz CT molecular complexity index is 754. The van der Waals surface area contributed by atoms with Crippen LogP contribution in [-0.2, 0) is 13.0 Å². The van der Waals surface area contributed by atoms with E-state index in [1.54, 1.807) is 0 Å². The van der Waals surface area contributed by atoms with E-state index >= 15 is 0 Å². The number of hydrogen-bond acceptors (Lipinski definition) is 4. The van der Waals surface area contributed by atoms with E-state index in [0.29, 0.717) is 6.04 Å². The molecule has 4 nitrogen and oxygen atoms in total. The Morgan fingerprint density at radius 2 is 1.38 bits per heavy atom. The van der Waals surface area contributed by atoms with Gasteiger partial charge in [-0.15, -0.1) is 37.2 Å². The van der Waals surface area contributed by atoms with Crippen molar-refractivity contribution in [2.75, 3.05) is 45.8 Å². The fourth-order valence-corrected chi connectivity index (χ4v) is 4.51. The average Bonchev–Trinajstić information content (AvgIpc) is 3.27. The molecule has 2 aliphatic rings. The van der Waals surface area contributed by atoms with E-state index in [1.807, 2.05) is 6.20 Å². The quantitative estimate of drug-likeness (QED) is 0.521. The third-order valence-corrected chi connectivity index (χ3v) is 6.55. The lowest BCUT2D eigenvalue weighted by Crippen LogP contribution is -2.48. The van der Waals surface area contributed by atoms with E-state index in [1.165, 1.54) is 67.9 Å². The molecule has 4 rings (SSSR count). The molecule has 0 spiro atoms. The lowest BCUT2D eigenvalue weighted by molar-refractivity contribution is 0.103. The third kappa shape index (κ3) is 8.16. The summed E-state index contributed by atoms with van der Waals surface area (Å²) < 4.78 is 0. The van der Waals surface area contributed by atoms with Crippen LogP contribution >= 0.6 is 37.2 Å². The lowest BCUT2D eigenvalue weighted by atomic mass is 10.0. The summed E-state index contributed by atoms with van der Waals surface area (Å²) in [6, 6.07) is 14.2. The van der Waals surface area contributed by atoms with Crippen molar-refractivity contribution in [1.29, 1.82) is 0 Å². The Morgan fingerprint density at radius 1 is 0.750 bits per heavy atom. The van der Waals surface area contributed by atoms with E-state index < -0.39 is 0 Å². The zero-order valence-electron chi connectivity index (χ0n) is 19.4. The Labute approximate surface area is 213 Å². The van der Waals surface area contributed by atoms with Crippen molar-refractivity contribution in [2.45, 2.75) is 45.7 Å². The molecule has 0 bridgehead atoms. The summed E-state index contributed by atoms with van der Waals surface area (Å²) in [5, 5.41) is 0. The van der Waals surface area contributed by atoms with Crippen molar-refractivity contribution in [3.63, 3.8) is 0 Å². The second-order valence-electron chi connectivity index (χ2n) is 8.94. The van der Waals surface area contributed by atoms with Gasteiger partial charge >= 0.3 is 0 Å². The van der Waals surface area contributed by atoms with Gasteiger partial charge in [0.15, 0.2) is 0 Å². The highest BCUT2D eigenvalue weighted by atomic mass is 35.5. The number of benzene rings is 1. The number of pyridine rings is 1. The first-order valence-electron chi connectivity index (χ1n) is 11.4. The van der Waals surface area contributed by atoms with E-state index in [4.69, 9.17) is 4.98 Å². The molecule has 7 heteroatoms. The molecule has 2 aromatic rings. The highest BCUT2D eigenvalue weighted by Gasteiger charge is 2.19. The number of rotatable bonds is 7. The summed E-state index contributed by atoms with van der Waals surface area (Å²) in [6.45, 7) is 13.9. The first-order chi connectivity index (χ1) is 14.2. The van der Waals surface area contributed by atoms with Crippen LogP contribution in [0.3, 0.4) is 0 Å². The normalized spacial score (nSPS) is 17.5. The van der Waals surface area contributed by atoms with Crippen LogP contribution in [0.5, 0.6) is 0 Å². The van der Waals surface area contributed by atoms with Crippen LogP contribution < -0.4 is 0 Å². The predicted molar refractivity (Wildman–Crippen MR) is 143 cm³/mol.